The number of nitrogens with zero attached hydrogens (tertiary/aromatic N) is 3. The number of pyridine rings is 2. The lowest BCUT2D eigenvalue weighted by Gasteiger charge is -2.21. The minimum absolute atomic E-state index is 0.0559. The molecule has 6 heteroatoms. The fourth-order valence-electron chi connectivity index (χ4n) is 3.76. The molecular weight excluding hydrogens is 352 g/mol. The predicted molar refractivity (Wildman–Crippen MR) is 109 cm³/mol. The second-order valence-corrected chi connectivity index (χ2v) is 7.14. The minimum Gasteiger partial charge on any atom is -0.320 e. The number of nitrogens with one attached hydrogen (secondary N) is 1. The topological polar surface area (TPSA) is 78.4 Å². The average molecular weight is 374 g/mol. The van der Waals surface area contributed by atoms with Gasteiger partial charge in [-0.05, 0) is 31.0 Å². The van der Waals surface area contributed by atoms with Crippen molar-refractivity contribution in [3.63, 3.8) is 0 Å². The number of carbonyl (C=O) groups is 1. The number of H-pyrrole nitrogens is 1. The number of aryl methyl sites for hydroxylation is 2. The molecule has 0 aliphatic carbocycles. The molecule has 1 aromatic carbocycles. The molecule has 28 heavy (non-hydrogen) atoms. The summed E-state index contributed by atoms with van der Waals surface area (Å²) >= 11 is 0. The predicted octanol–water partition coefficient (Wildman–Crippen LogP) is 3.63. The molecule has 0 saturated carbocycles. The molecule has 1 atom stereocenters. The van der Waals surface area contributed by atoms with E-state index in [4.69, 9.17) is 0 Å². The van der Waals surface area contributed by atoms with Crippen LogP contribution in [0.15, 0.2) is 52.6 Å². The lowest BCUT2D eigenvalue weighted by molar-refractivity contribution is -0.132. The number of carbonyl (C=O) groups excluding carboxylic acids is 1. The van der Waals surface area contributed by atoms with E-state index < -0.39 is 0 Å². The Morgan fingerprint density at radius 3 is 2.68 bits per heavy atom. The monoisotopic (exact) mass is 374 g/mol. The third-order valence-electron chi connectivity index (χ3n) is 5.29. The molecule has 0 saturated heterocycles. The van der Waals surface area contributed by atoms with Gasteiger partial charge in [-0.1, -0.05) is 36.8 Å². The molecule has 0 bridgehead atoms. The van der Waals surface area contributed by atoms with E-state index in [0.717, 1.165) is 22.1 Å². The van der Waals surface area contributed by atoms with Crippen LogP contribution >= 0.6 is 0 Å². The van der Waals surface area contributed by atoms with E-state index >= 15 is 0 Å². The number of rotatable bonds is 3. The Hall–Kier alpha value is -3.28. The van der Waals surface area contributed by atoms with Gasteiger partial charge in [-0.2, -0.15) is 5.10 Å². The highest BCUT2D eigenvalue weighted by molar-refractivity contribution is 6.06. The van der Waals surface area contributed by atoms with Gasteiger partial charge in [0.15, 0.2) is 0 Å². The van der Waals surface area contributed by atoms with Crippen molar-refractivity contribution in [1.29, 1.82) is 0 Å². The fourth-order valence-corrected chi connectivity index (χ4v) is 3.76. The Balaban J connectivity index is 1.82. The van der Waals surface area contributed by atoms with Gasteiger partial charge in [0.1, 0.15) is 0 Å². The summed E-state index contributed by atoms with van der Waals surface area (Å²) in [5.74, 6) is -0.0559. The van der Waals surface area contributed by atoms with E-state index in [1.165, 1.54) is 5.01 Å². The number of hydrazone groups is 1. The van der Waals surface area contributed by atoms with Crippen molar-refractivity contribution in [2.24, 2.45) is 5.10 Å². The van der Waals surface area contributed by atoms with Gasteiger partial charge in [-0.3, -0.25) is 14.6 Å². The van der Waals surface area contributed by atoms with E-state index in [1.54, 1.807) is 12.4 Å². The number of fused-ring (bicyclic) bond motifs is 1. The van der Waals surface area contributed by atoms with Crippen LogP contribution in [0.5, 0.6) is 0 Å². The minimum atomic E-state index is -0.204. The average Bonchev–Trinajstić information content (AvgIpc) is 3.13. The van der Waals surface area contributed by atoms with Crippen LogP contribution in [0.4, 0.5) is 0 Å². The summed E-state index contributed by atoms with van der Waals surface area (Å²) < 4.78 is 0. The van der Waals surface area contributed by atoms with Gasteiger partial charge < -0.3 is 4.98 Å². The van der Waals surface area contributed by atoms with Gasteiger partial charge in [0.2, 0.25) is 5.91 Å². The Kier molecular flexibility index (Phi) is 4.55. The molecule has 0 unspecified atom stereocenters. The van der Waals surface area contributed by atoms with E-state index in [2.05, 4.69) is 15.1 Å². The van der Waals surface area contributed by atoms with E-state index in [9.17, 15) is 9.59 Å². The first kappa shape index (κ1) is 18.1. The molecule has 0 radical (unpaired) electrons. The maximum Gasteiger partial charge on any atom is 0.257 e. The Morgan fingerprint density at radius 1 is 1.21 bits per heavy atom. The molecule has 1 amide bonds. The molecule has 4 rings (SSSR count). The van der Waals surface area contributed by atoms with Crippen molar-refractivity contribution in [3.05, 3.63) is 75.3 Å². The lowest BCUT2D eigenvalue weighted by atomic mass is 9.95. The van der Waals surface area contributed by atoms with Crippen LogP contribution in [0, 0.1) is 13.8 Å². The summed E-state index contributed by atoms with van der Waals surface area (Å²) in [7, 11) is 0. The van der Waals surface area contributed by atoms with Crippen molar-refractivity contribution in [1.82, 2.24) is 15.0 Å². The van der Waals surface area contributed by atoms with Crippen LogP contribution in [0.1, 0.15) is 48.1 Å². The third-order valence-corrected chi connectivity index (χ3v) is 5.29. The number of amides is 1. The van der Waals surface area contributed by atoms with Crippen LogP contribution in [0.25, 0.3) is 10.9 Å². The summed E-state index contributed by atoms with van der Waals surface area (Å²) in [6.07, 6.45) is 4.22. The first-order valence-corrected chi connectivity index (χ1v) is 9.42. The molecule has 0 fully saturated rings. The second-order valence-electron chi connectivity index (χ2n) is 7.14. The van der Waals surface area contributed by atoms with Crippen LogP contribution in [-0.4, -0.2) is 26.6 Å². The zero-order chi connectivity index (χ0) is 19.8. The first-order valence-electron chi connectivity index (χ1n) is 9.42. The standard InChI is InChI=1S/C22H22N4O2/c1-4-20(27)26-19(15-7-5-13(2)6-8-15)11-17(25-26)21-14(3)16-9-10-23-12-18(16)24-22(21)28/h5-10,12,19H,4,11H2,1-3H3,(H,24,28)/t19-/m1/s1. The van der Waals surface area contributed by atoms with Crippen molar-refractivity contribution < 1.29 is 4.79 Å². The van der Waals surface area contributed by atoms with Crippen LogP contribution in [0.2, 0.25) is 0 Å². The van der Waals surface area contributed by atoms with Gasteiger partial charge in [-0.15, -0.1) is 0 Å². The lowest BCUT2D eigenvalue weighted by Crippen LogP contribution is -2.26. The summed E-state index contributed by atoms with van der Waals surface area (Å²) in [6.45, 7) is 5.77. The number of hydrogen-bond acceptors (Lipinski definition) is 4. The molecule has 1 aliphatic rings. The summed E-state index contributed by atoms with van der Waals surface area (Å²) in [4.78, 5) is 32.3. The molecule has 6 nitrogen and oxygen atoms in total. The van der Waals surface area contributed by atoms with Crippen molar-refractivity contribution in [2.75, 3.05) is 0 Å². The number of hydrogen-bond donors (Lipinski definition) is 1. The van der Waals surface area contributed by atoms with Crippen molar-refractivity contribution in [2.45, 2.75) is 39.7 Å². The van der Waals surface area contributed by atoms with Gasteiger partial charge in [0.25, 0.3) is 5.56 Å². The molecule has 3 aromatic rings. The normalized spacial score (nSPS) is 16.5. The largest absolute Gasteiger partial charge is 0.320 e. The Morgan fingerprint density at radius 2 is 1.96 bits per heavy atom. The molecule has 142 valence electrons. The molecule has 1 N–H and O–H groups in total. The van der Waals surface area contributed by atoms with E-state index in [1.807, 2.05) is 51.1 Å². The van der Waals surface area contributed by atoms with E-state index in [-0.39, 0.29) is 17.5 Å². The van der Waals surface area contributed by atoms with Gasteiger partial charge in [0, 0.05) is 24.4 Å². The number of aromatic nitrogens is 2. The van der Waals surface area contributed by atoms with Crippen molar-refractivity contribution >= 4 is 22.5 Å². The van der Waals surface area contributed by atoms with Gasteiger partial charge >= 0.3 is 0 Å². The summed E-state index contributed by atoms with van der Waals surface area (Å²) in [5, 5.41) is 7.07. The summed E-state index contributed by atoms with van der Waals surface area (Å²) in [5.41, 5.74) is 4.71. The fraction of sp³-hybridized carbons (Fsp3) is 0.273. The number of benzene rings is 1. The van der Waals surface area contributed by atoms with Gasteiger partial charge in [-0.25, -0.2) is 5.01 Å². The second kappa shape index (κ2) is 7.03. The van der Waals surface area contributed by atoms with Crippen LogP contribution < -0.4 is 5.56 Å². The third kappa shape index (κ3) is 3.01. The molecule has 1 aliphatic heterocycles. The Labute approximate surface area is 162 Å². The SMILES string of the molecule is CCC(=O)N1N=C(c2c(C)c3ccncc3[nH]c2=O)C[C@@H]1c1ccc(C)cc1. The first-order chi connectivity index (χ1) is 13.5. The zero-order valence-corrected chi connectivity index (χ0v) is 16.2. The highest BCUT2D eigenvalue weighted by Gasteiger charge is 2.34. The van der Waals surface area contributed by atoms with Crippen LogP contribution in [-0.2, 0) is 4.79 Å². The highest BCUT2D eigenvalue weighted by atomic mass is 16.2. The molecule has 0 spiro atoms. The maximum absolute atomic E-state index is 12.8. The van der Waals surface area contributed by atoms with Gasteiger partial charge in [0.05, 0.1) is 29.0 Å². The van der Waals surface area contributed by atoms with Crippen molar-refractivity contribution in [3.8, 4) is 0 Å². The molecule has 3 heterocycles. The van der Waals surface area contributed by atoms with Crippen LogP contribution in [0.3, 0.4) is 0 Å². The highest BCUT2D eigenvalue weighted by Crippen LogP contribution is 2.34. The smallest absolute Gasteiger partial charge is 0.257 e. The maximum atomic E-state index is 12.8. The zero-order valence-electron chi connectivity index (χ0n) is 16.2. The Bertz CT molecular complexity index is 1150. The number of aromatic amines is 1. The quantitative estimate of drug-likeness (QED) is 0.760. The van der Waals surface area contributed by atoms with E-state index in [0.29, 0.717) is 29.6 Å². The molecular formula is C22H22N4O2. The molecule has 2 aromatic heterocycles. The summed E-state index contributed by atoms with van der Waals surface area (Å²) in [6, 6.07) is 9.79.